The van der Waals surface area contributed by atoms with E-state index < -0.39 is 9.84 Å². The van der Waals surface area contributed by atoms with Gasteiger partial charge in [0.05, 0.1) is 23.9 Å². The number of carbonyl (C=O) groups is 1. The number of methoxy groups -OCH3 is 1. The summed E-state index contributed by atoms with van der Waals surface area (Å²) >= 11 is 0. The molecule has 0 spiro atoms. The van der Waals surface area contributed by atoms with Crippen molar-refractivity contribution >= 4 is 27.0 Å². The third-order valence-corrected chi connectivity index (χ3v) is 9.10. The Morgan fingerprint density at radius 1 is 1.03 bits per heavy atom. The second-order valence-corrected chi connectivity index (χ2v) is 11.7. The van der Waals surface area contributed by atoms with Crippen LogP contribution in [0.3, 0.4) is 0 Å². The fraction of sp³-hybridized carbons (Fsp3) is 0.667. The molecule has 2 aliphatic heterocycles. The van der Waals surface area contributed by atoms with Gasteiger partial charge in [0.15, 0.2) is 9.84 Å². The maximum atomic E-state index is 13.4. The van der Waals surface area contributed by atoms with Crippen molar-refractivity contribution < 1.29 is 17.9 Å². The van der Waals surface area contributed by atoms with E-state index in [1.54, 1.807) is 16.4 Å². The molecule has 188 valence electrons. The second kappa shape index (κ2) is 10.1. The minimum Gasteiger partial charge on any atom is -0.453 e. The summed E-state index contributed by atoms with van der Waals surface area (Å²) in [4.78, 5) is 29.4. The van der Waals surface area contributed by atoms with Gasteiger partial charge in [0.25, 0.3) is 0 Å². The summed E-state index contributed by atoms with van der Waals surface area (Å²) in [7, 11) is -1.79. The Morgan fingerprint density at radius 2 is 1.68 bits per heavy atom. The number of amides is 1. The minimum absolute atomic E-state index is 0.0486. The zero-order chi connectivity index (χ0) is 24.5. The van der Waals surface area contributed by atoms with Gasteiger partial charge < -0.3 is 14.5 Å². The largest absolute Gasteiger partial charge is 0.453 e. The average molecular weight is 493 g/mol. The predicted molar refractivity (Wildman–Crippen MR) is 132 cm³/mol. The molecule has 0 atom stereocenters. The summed E-state index contributed by atoms with van der Waals surface area (Å²) in [6.07, 6.45) is 3.36. The van der Waals surface area contributed by atoms with Gasteiger partial charge in [-0.1, -0.05) is 19.1 Å². The van der Waals surface area contributed by atoms with Crippen molar-refractivity contribution in [2.24, 2.45) is 0 Å². The Bertz CT molecular complexity index is 1190. The van der Waals surface area contributed by atoms with E-state index in [-0.39, 0.29) is 29.3 Å². The van der Waals surface area contributed by atoms with Gasteiger partial charge in [0, 0.05) is 50.6 Å². The Hall–Kier alpha value is -2.33. The first-order chi connectivity index (χ1) is 16.3. The number of carbonyl (C=O) groups excluding carboxylic acids is 1. The van der Waals surface area contributed by atoms with Crippen molar-refractivity contribution in [3.8, 4) is 0 Å². The number of benzene rings is 1. The lowest BCUT2D eigenvalue weighted by molar-refractivity contribution is 0.0685. The molecule has 2 saturated heterocycles. The normalized spacial score (nSPS) is 19.1. The van der Waals surface area contributed by atoms with Crippen LogP contribution in [0.5, 0.6) is 0 Å². The lowest BCUT2D eigenvalue weighted by atomic mass is 9.97. The standard InChI is InChI=1S/C24H36N4O5S/c1-4-27-22-18(17-34(31,32)5-2)7-6-8-21(22)28(23(27)29)20-11-13-25(14-12-20)19-9-15-26(16-10-19)24(30)33-3/h6-8,19-20H,4-5,9-17H2,1-3H3. The van der Waals surface area contributed by atoms with Crippen molar-refractivity contribution in [2.45, 2.75) is 63.9 Å². The highest BCUT2D eigenvalue weighted by Gasteiger charge is 2.32. The number of sulfone groups is 1. The molecular formula is C24H36N4O5S. The predicted octanol–water partition coefficient (Wildman–Crippen LogP) is 2.63. The highest BCUT2D eigenvalue weighted by molar-refractivity contribution is 7.90. The molecule has 0 radical (unpaired) electrons. The monoisotopic (exact) mass is 492 g/mol. The first kappa shape index (κ1) is 24.8. The zero-order valence-corrected chi connectivity index (χ0v) is 21.2. The molecule has 9 nitrogen and oxygen atoms in total. The summed E-state index contributed by atoms with van der Waals surface area (Å²) in [5.41, 5.74) is 2.24. The van der Waals surface area contributed by atoms with Gasteiger partial charge in [-0.25, -0.2) is 18.0 Å². The Morgan fingerprint density at radius 3 is 2.26 bits per heavy atom. The molecule has 1 amide bonds. The van der Waals surface area contributed by atoms with Crippen molar-refractivity contribution in [3.05, 3.63) is 34.2 Å². The summed E-state index contributed by atoms with van der Waals surface area (Å²) in [6.45, 7) is 7.32. The van der Waals surface area contributed by atoms with Crippen LogP contribution in [0.4, 0.5) is 4.79 Å². The van der Waals surface area contributed by atoms with E-state index in [1.807, 2.05) is 29.7 Å². The topological polar surface area (TPSA) is 93.8 Å². The molecule has 0 N–H and O–H groups in total. The molecule has 10 heteroatoms. The zero-order valence-electron chi connectivity index (χ0n) is 20.4. The van der Waals surface area contributed by atoms with Crippen LogP contribution in [0.2, 0.25) is 0 Å². The molecule has 2 aliphatic rings. The van der Waals surface area contributed by atoms with Gasteiger partial charge in [-0.3, -0.25) is 9.13 Å². The average Bonchev–Trinajstić information content (AvgIpc) is 3.15. The quantitative estimate of drug-likeness (QED) is 0.615. The highest BCUT2D eigenvalue weighted by Crippen LogP contribution is 2.30. The van der Waals surface area contributed by atoms with Crippen LogP contribution in [-0.2, 0) is 26.9 Å². The summed E-state index contributed by atoms with van der Waals surface area (Å²) in [6, 6.07) is 6.17. The van der Waals surface area contributed by atoms with Gasteiger partial charge >= 0.3 is 11.8 Å². The van der Waals surface area contributed by atoms with E-state index in [1.165, 1.54) is 7.11 Å². The summed E-state index contributed by atoms with van der Waals surface area (Å²) < 4.78 is 33.1. The van der Waals surface area contributed by atoms with Crippen LogP contribution in [0.1, 0.15) is 51.1 Å². The number of rotatable bonds is 6. The second-order valence-electron chi connectivity index (χ2n) is 9.31. The van der Waals surface area contributed by atoms with Crippen LogP contribution < -0.4 is 5.69 Å². The lowest BCUT2D eigenvalue weighted by Gasteiger charge is -2.41. The van der Waals surface area contributed by atoms with Crippen LogP contribution in [0, 0.1) is 0 Å². The molecule has 1 aromatic heterocycles. The molecule has 1 aromatic carbocycles. The first-order valence-electron chi connectivity index (χ1n) is 12.3. The number of aryl methyl sites for hydroxylation is 1. The number of ether oxygens (including phenoxy) is 1. The fourth-order valence-corrected chi connectivity index (χ4v) is 6.48. The summed E-state index contributed by atoms with van der Waals surface area (Å²) in [5, 5.41) is 0. The van der Waals surface area contributed by atoms with Crippen molar-refractivity contribution in [1.29, 1.82) is 0 Å². The maximum absolute atomic E-state index is 13.4. The van der Waals surface area contributed by atoms with E-state index in [0.717, 1.165) is 49.8 Å². The summed E-state index contributed by atoms with van der Waals surface area (Å²) in [5.74, 6) is 0.0322. The Balaban J connectivity index is 1.53. The molecule has 0 unspecified atom stereocenters. The molecule has 2 fully saturated rings. The maximum Gasteiger partial charge on any atom is 0.409 e. The van der Waals surface area contributed by atoms with E-state index in [9.17, 15) is 18.0 Å². The Labute approximate surface area is 201 Å². The van der Waals surface area contributed by atoms with Crippen LogP contribution in [0.15, 0.2) is 23.0 Å². The molecule has 4 rings (SSSR count). The van der Waals surface area contributed by atoms with Crippen molar-refractivity contribution in [1.82, 2.24) is 18.9 Å². The SMILES string of the molecule is CCn1c(=O)n(C2CCN(C3CCN(C(=O)OC)CC3)CC2)c2cccc(CS(=O)(=O)CC)c21. The first-order valence-corrected chi connectivity index (χ1v) is 14.1. The number of imidazole rings is 1. The van der Waals surface area contributed by atoms with Crippen LogP contribution in [-0.4, -0.2) is 78.5 Å². The van der Waals surface area contributed by atoms with E-state index >= 15 is 0 Å². The third kappa shape index (κ3) is 4.75. The number of piperidine rings is 2. The number of para-hydroxylation sites is 1. The number of nitrogens with zero attached hydrogens (tertiary/aromatic N) is 4. The number of aromatic nitrogens is 2. The fourth-order valence-electron chi connectivity index (χ4n) is 5.57. The smallest absolute Gasteiger partial charge is 0.409 e. The number of hydrogen-bond acceptors (Lipinski definition) is 6. The van der Waals surface area contributed by atoms with Gasteiger partial charge in [0.2, 0.25) is 0 Å². The highest BCUT2D eigenvalue weighted by atomic mass is 32.2. The third-order valence-electron chi connectivity index (χ3n) is 7.47. The molecule has 0 saturated carbocycles. The number of hydrogen-bond donors (Lipinski definition) is 0. The number of likely N-dealkylation sites (tertiary alicyclic amines) is 2. The van der Waals surface area contributed by atoms with Gasteiger partial charge in [-0.15, -0.1) is 0 Å². The van der Waals surface area contributed by atoms with E-state index in [4.69, 9.17) is 4.74 Å². The van der Waals surface area contributed by atoms with E-state index in [0.29, 0.717) is 31.2 Å². The van der Waals surface area contributed by atoms with Gasteiger partial charge in [-0.2, -0.15) is 0 Å². The van der Waals surface area contributed by atoms with Gasteiger partial charge in [0.1, 0.15) is 0 Å². The van der Waals surface area contributed by atoms with Gasteiger partial charge in [-0.05, 0) is 44.2 Å². The minimum atomic E-state index is -3.21. The molecule has 34 heavy (non-hydrogen) atoms. The Kier molecular flexibility index (Phi) is 7.37. The van der Waals surface area contributed by atoms with Crippen LogP contribution >= 0.6 is 0 Å². The number of fused-ring (bicyclic) bond motifs is 1. The molecule has 0 bridgehead atoms. The molecule has 0 aliphatic carbocycles. The van der Waals surface area contributed by atoms with Crippen LogP contribution in [0.25, 0.3) is 11.0 Å². The molecule has 3 heterocycles. The lowest BCUT2D eigenvalue weighted by Crippen LogP contribution is -2.49. The van der Waals surface area contributed by atoms with E-state index in [2.05, 4.69) is 4.90 Å². The van der Waals surface area contributed by atoms with Crippen molar-refractivity contribution in [2.75, 3.05) is 39.0 Å². The molecule has 2 aromatic rings. The van der Waals surface area contributed by atoms with Crippen molar-refractivity contribution in [3.63, 3.8) is 0 Å². The molecular weight excluding hydrogens is 456 g/mol.